The molecule has 0 spiro atoms. The zero-order chi connectivity index (χ0) is 14.2. The van der Waals surface area contributed by atoms with Crippen molar-refractivity contribution in [3.63, 3.8) is 0 Å². The van der Waals surface area contributed by atoms with Gasteiger partial charge >= 0.3 is 0 Å². The molecule has 0 aromatic rings. The number of carbonyl (C=O) groups excluding carboxylic acids is 1. The maximum Gasteiger partial charge on any atom is 0.244 e. The Hall–Kier alpha value is -0.570. The first-order valence-electron chi connectivity index (χ1n) is 8.05. The Labute approximate surface area is 118 Å². The highest BCUT2D eigenvalue weighted by molar-refractivity contribution is 5.88. The number of carbonyl (C=O) groups is 1. The van der Waals surface area contributed by atoms with E-state index in [4.69, 9.17) is 0 Å². The van der Waals surface area contributed by atoms with Crippen molar-refractivity contribution in [1.29, 1.82) is 0 Å². The van der Waals surface area contributed by atoms with Gasteiger partial charge in [0.1, 0.15) is 0 Å². The predicted octanol–water partition coefficient (Wildman–Crippen LogP) is 3.15. The fraction of sp³-hybridized carbons (Fsp3) is 0.938. The Kier molecular flexibility index (Phi) is 4.24. The molecule has 1 aliphatic heterocycles. The molecule has 1 saturated carbocycles. The molecule has 0 aromatic carbocycles. The van der Waals surface area contributed by atoms with Gasteiger partial charge in [-0.1, -0.05) is 34.1 Å². The van der Waals surface area contributed by atoms with Gasteiger partial charge in [0.05, 0.1) is 11.7 Å². The third kappa shape index (κ3) is 2.42. The lowest BCUT2D eigenvalue weighted by Crippen LogP contribution is -2.46. The summed E-state index contributed by atoms with van der Waals surface area (Å²) in [6.45, 7) is 11.0. The molecule has 1 amide bonds. The van der Waals surface area contributed by atoms with Crippen LogP contribution in [-0.4, -0.2) is 28.6 Å². The van der Waals surface area contributed by atoms with E-state index < -0.39 is 0 Å². The average molecular weight is 266 g/mol. The number of amides is 1. The Bertz CT molecular complexity index is 344. The van der Waals surface area contributed by atoms with Gasteiger partial charge in [-0.25, -0.2) is 0 Å². The van der Waals surface area contributed by atoms with Gasteiger partial charge in [-0.2, -0.15) is 0 Å². The van der Waals surface area contributed by atoms with Gasteiger partial charge < -0.3 is 4.90 Å². The number of rotatable bonds is 4. The second-order valence-corrected chi connectivity index (χ2v) is 6.83. The minimum absolute atomic E-state index is 0.250. The molecule has 1 N–H and O–H groups in total. The molecule has 1 aliphatic carbocycles. The number of nitrogens with zero attached hydrogens (tertiary/aromatic N) is 1. The lowest BCUT2D eigenvalue weighted by atomic mass is 9.95. The van der Waals surface area contributed by atoms with Crippen molar-refractivity contribution in [2.75, 3.05) is 0 Å². The van der Waals surface area contributed by atoms with Gasteiger partial charge in [-0.15, -0.1) is 0 Å². The molecule has 0 radical (unpaired) electrons. The van der Waals surface area contributed by atoms with Gasteiger partial charge in [0.2, 0.25) is 5.91 Å². The molecule has 2 fully saturated rings. The van der Waals surface area contributed by atoms with E-state index in [0.717, 1.165) is 25.2 Å². The van der Waals surface area contributed by atoms with Crippen molar-refractivity contribution in [1.82, 2.24) is 10.2 Å². The molecule has 5 atom stereocenters. The first-order valence-corrected chi connectivity index (χ1v) is 8.05. The molecular formula is C16H30N2O. The standard InChI is InChI=1S/C16H30N2O/c1-6-8-14-17-16(5,7-2)15(19)18(14)13-10-9-11(3)12(13)4/h11-14,17H,6-10H2,1-5H3. The SMILES string of the molecule is CCCC1NC(C)(CC)C(=O)N1C1CCC(C)C1C. The topological polar surface area (TPSA) is 32.3 Å². The molecule has 1 saturated heterocycles. The van der Waals surface area contributed by atoms with Crippen LogP contribution in [0.25, 0.3) is 0 Å². The van der Waals surface area contributed by atoms with Crippen LogP contribution in [0, 0.1) is 11.8 Å². The van der Waals surface area contributed by atoms with E-state index in [9.17, 15) is 4.79 Å². The monoisotopic (exact) mass is 266 g/mol. The van der Waals surface area contributed by atoms with Crippen LogP contribution in [0.4, 0.5) is 0 Å². The van der Waals surface area contributed by atoms with Crippen molar-refractivity contribution in [2.45, 2.75) is 84.5 Å². The summed E-state index contributed by atoms with van der Waals surface area (Å²) in [6.07, 6.45) is 5.75. The number of nitrogens with one attached hydrogen (secondary N) is 1. The van der Waals surface area contributed by atoms with Crippen molar-refractivity contribution in [3.8, 4) is 0 Å². The van der Waals surface area contributed by atoms with E-state index in [1.54, 1.807) is 0 Å². The summed E-state index contributed by atoms with van der Waals surface area (Å²) < 4.78 is 0. The highest BCUT2D eigenvalue weighted by atomic mass is 16.2. The summed E-state index contributed by atoms with van der Waals surface area (Å²) in [5, 5.41) is 3.61. The van der Waals surface area contributed by atoms with E-state index in [1.807, 2.05) is 0 Å². The summed E-state index contributed by atoms with van der Waals surface area (Å²) in [4.78, 5) is 15.1. The summed E-state index contributed by atoms with van der Waals surface area (Å²) >= 11 is 0. The van der Waals surface area contributed by atoms with Crippen molar-refractivity contribution in [3.05, 3.63) is 0 Å². The lowest BCUT2D eigenvalue weighted by molar-refractivity contribution is -0.136. The van der Waals surface area contributed by atoms with Gasteiger partial charge in [0, 0.05) is 6.04 Å². The molecular weight excluding hydrogens is 236 g/mol. The summed E-state index contributed by atoms with van der Waals surface area (Å²) in [7, 11) is 0. The summed E-state index contributed by atoms with van der Waals surface area (Å²) in [5.74, 6) is 1.71. The van der Waals surface area contributed by atoms with Gasteiger partial charge in [-0.05, 0) is 44.4 Å². The van der Waals surface area contributed by atoms with Crippen LogP contribution in [0.1, 0.15) is 66.7 Å². The van der Waals surface area contributed by atoms with E-state index in [-0.39, 0.29) is 11.7 Å². The molecule has 1 heterocycles. The van der Waals surface area contributed by atoms with Crippen LogP contribution < -0.4 is 5.32 Å². The van der Waals surface area contributed by atoms with Gasteiger partial charge in [0.15, 0.2) is 0 Å². The van der Waals surface area contributed by atoms with Crippen LogP contribution in [0.3, 0.4) is 0 Å². The van der Waals surface area contributed by atoms with Crippen molar-refractivity contribution in [2.24, 2.45) is 11.8 Å². The Morgan fingerprint density at radius 1 is 1.32 bits per heavy atom. The first kappa shape index (κ1) is 14.8. The minimum atomic E-state index is -0.342. The van der Waals surface area contributed by atoms with Gasteiger partial charge in [-0.3, -0.25) is 10.1 Å². The van der Waals surface area contributed by atoms with Crippen LogP contribution in [0.15, 0.2) is 0 Å². The average Bonchev–Trinajstić information content (AvgIpc) is 2.82. The van der Waals surface area contributed by atoms with Gasteiger partial charge in [0.25, 0.3) is 0 Å². The molecule has 0 aromatic heterocycles. The third-order valence-corrected chi connectivity index (χ3v) is 5.58. The first-order chi connectivity index (χ1) is 8.94. The Morgan fingerprint density at radius 3 is 2.47 bits per heavy atom. The predicted molar refractivity (Wildman–Crippen MR) is 78.7 cm³/mol. The molecule has 5 unspecified atom stereocenters. The highest BCUT2D eigenvalue weighted by Crippen LogP contribution is 2.39. The Balaban J connectivity index is 2.23. The zero-order valence-corrected chi connectivity index (χ0v) is 13.2. The third-order valence-electron chi connectivity index (χ3n) is 5.58. The van der Waals surface area contributed by atoms with Crippen LogP contribution in [0.5, 0.6) is 0 Å². The zero-order valence-electron chi connectivity index (χ0n) is 13.2. The second-order valence-electron chi connectivity index (χ2n) is 6.83. The molecule has 0 bridgehead atoms. The Morgan fingerprint density at radius 2 is 2.00 bits per heavy atom. The van der Waals surface area contributed by atoms with Crippen LogP contribution in [0.2, 0.25) is 0 Å². The molecule has 2 rings (SSSR count). The quantitative estimate of drug-likeness (QED) is 0.848. The number of hydrogen-bond donors (Lipinski definition) is 1. The van der Waals surface area contributed by atoms with Crippen LogP contribution >= 0.6 is 0 Å². The molecule has 3 heteroatoms. The molecule has 19 heavy (non-hydrogen) atoms. The largest absolute Gasteiger partial charge is 0.322 e. The van der Waals surface area contributed by atoms with Crippen molar-refractivity contribution >= 4 is 5.91 Å². The smallest absolute Gasteiger partial charge is 0.244 e. The summed E-state index contributed by atoms with van der Waals surface area (Å²) in [6, 6.07) is 0.444. The second kappa shape index (κ2) is 5.43. The summed E-state index contributed by atoms with van der Waals surface area (Å²) in [5.41, 5.74) is -0.342. The lowest BCUT2D eigenvalue weighted by Gasteiger charge is -2.33. The van der Waals surface area contributed by atoms with Crippen molar-refractivity contribution < 1.29 is 4.79 Å². The maximum atomic E-state index is 12.8. The fourth-order valence-electron chi connectivity index (χ4n) is 3.78. The molecule has 2 aliphatic rings. The maximum absolute atomic E-state index is 12.8. The molecule has 110 valence electrons. The normalized spacial score (nSPS) is 43.2. The van der Waals surface area contributed by atoms with E-state index >= 15 is 0 Å². The molecule has 3 nitrogen and oxygen atoms in total. The van der Waals surface area contributed by atoms with E-state index in [1.165, 1.54) is 12.8 Å². The van der Waals surface area contributed by atoms with E-state index in [0.29, 0.717) is 17.9 Å². The minimum Gasteiger partial charge on any atom is -0.322 e. The highest BCUT2D eigenvalue weighted by Gasteiger charge is 2.51. The fourth-order valence-corrected chi connectivity index (χ4v) is 3.78. The van der Waals surface area contributed by atoms with E-state index in [2.05, 4.69) is 44.8 Å². The number of hydrogen-bond acceptors (Lipinski definition) is 2. The van der Waals surface area contributed by atoms with Crippen LogP contribution in [-0.2, 0) is 4.79 Å².